The van der Waals surface area contributed by atoms with Crippen LogP contribution in [0.2, 0.25) is 0 Å². The van der Waals surface area contributed by atoms with Crippen molar-refractivity contribution in [3.05, 3.63) is 70.8 Å². The molecule has 108 valence electrons. The molecule has 2 aromatic rings. The Kier molecular flexibility index (Phi) is 3.76. The molecule has 0 bridgehead atoms. The van der Waals surface area contributed by atoms with E-state index in [2.05, 4.69) is 59.2 Å². The van der Waals surface area contributed by atoms with E-state index in [-0.39, 0.29) is 18.0 Å². The molecule has 3 rings (SSSR count). The zero-order valence-electron chi connectivity index (χ0n) is 12.4. The maximum absolute atomic E-state index is 11.8. The van der Waals surface area contributed by atoms with Crippen molar-refractivity contribution < 1.29 is 4.79 Å². The van der Waals surface area contributed by atoms with Crippen LogP contribution in [0.15, 0.2) is 48.5 Å². The fraction of sp³-hybridized carbons (Fsp3) is 0.278. The van der Waals surface area contributed by atoms with Crippen molar-refractivity contribution in [1.82, 2.24) is 10.6 Å². The van der Waals surface area contributed by atoms with E-state index in [1.165, 1.54) is 22.3 Å². The number of hydrogen-bond acceptors (Lipinski definition) is 2. The summed E-state index contributed by atoms with van der Waals surface area (Å²) in [5.74, 6) is 0.00976. The standard InChI is InChI=1S/C18H20N2O/c1-12(18(21)19-2)20-17-15-9-5-3-7-13(15)11-14-8-4-6-10-16(14)17/h3-10,12,17,20H,11H2,1-2H3,(H,19,21). The number of nitrogens with one attached hydrogen (secondary N) is 2. The fourth-order valence-electron chi connectivity index (χ4n) is 3.05. The number of likely N-dealkylation sites (N-methyl/N-ethyl adjacent to an activating group) is 1. The molecule has 3 nitrogen and oxygen atoms in total. The van der Waals surface area contributed by atoms with Gasteiger partial charge in [-0.3, -0.25) is 10.1 Å². The van der Waals surface area contributed by atoms with Crippen molar-refractivity contribution in [2.75, 3.05) is 7.05 Å². The SMILES string of the molecule is CNC(=O)C(C)NC1c2ccccc2Cc2ccccc21. The molecule has 0 aliphatic heterocycles. The fourth-order valence-corrected chi connectivity index (χ4v) is 3.05. The van der Waals surface area contributed by atoms with Crippen LogP contribution in [0, 0.1) is 0 Å². The number of fused-ring (bicyclic) bond motifs is 2. The Labute approximate surface area is 125 Å². The van der Waals surface area contributed by atoms with Crippen LogP contribution in [0.1, 0.15) is 35.2 Å². The summed E-state index contributed by atoms with van der Waals surface area (Å²) in [7, 11) is 1.67. The van der Waals surface area contributed by atoms with E-state index < -0.39 is 0 Å². The molecule has 3 heteroatoms. The molecule has 0 radical (unpaired) electrons. The smallest absolute Gasteiger partial charge is 0.236 e. The van der Waals surface area contributed by atoms with Gasteiger partial charge in [0, 0.05) is 7.05 Å². The van der Waals surface area contributed by atoms with Crippen molar-refractivity contribution in [2.45, 2.75) is 25.4 Å². The molecule has 1 unspecified atom stereocenters. The Bertz CT molecular complexity index is 620. The summed E-state index contributed by atoms with van der Waals surface area (Å²) < 4.78 is 0. The minimum atomic E-state index is -0.237. The minimum Gasteiger partial charge on any atom is -0.358 e. The lowest BCUT2D eigenvalue weighted by molar-refractivity contribution is -0.122. The molecule has 1 atom stereocenters. The van der Waals surface area contributed by atoms with Crippen LogP contribution in [0.5, 0.6) is 0 Å². The number of amides is 1. The van der Waals surface area contributed by atoms with Crippen LogP contribution in [0.3, 0.4) is 0 Å². The van der Waals surface area contributed by atoms with Crippen LogP contribution >= 0.6 is 0 Å². The normalized spacial score (nSPS) is 15.0. The van der Waals surface area contributed by atoms with Gasteiger partial charge in [0.25, 0.3) is 0 Å². The lowest BCUT2D eigenvalue weighted by Crippen LogP contribution is -2.43. The number of rotatable bonds is 3. The molecule has 2 N–H and O–H groups in total. The molecule has 0 saturated heterocycles. The van der Waals surface area contributed by atoms with E-state index >= 15 is 0 Å². The average Bonchev–Trinajstić information content (AvgIpc) is 2.53. The van der Waals surface area contributed by atoms with Crippen LogP contribution in [-0.4, -0.2) is 19.0 Å². The second kappa shape index (κ2) is 5.70. The third-order valence-corrected chi connectivity index (χ3v) is 4.17. The zero-order valence-corrected chi connectivity index (χ0v) is 12.4. The van der Waals surface area contributed by atoms with Gasteiger partial charge in [-0.05, 0) is 35.6 Å². The molecule has 0 spiro atoms. The third-order valence-electron chi connectivity index (χ3n) is 4.17. The number of benzene rings is 2. The van der Waals surface area contributed by atoms with E-state index in [0.29, 0.717) is 0 Å². The van der Waals surface area contributed by atoms with Gasteiger partial charge in [-0.1, -0.05) is 48.5 Å². The van der Waals surface area contributed by atoms with E-state index in [1.807, 2.05) is 6.92 Å². The summed E-state index contributed by atoms with van der Waals surface area (Å²) in [6, 6.07) is 16.8. The lowest BCUT2D eigenvalue weighted by Gasteiger charge is -2.31. The molecule has 0 fully saturated rings. The van der Waals surface area contributed by atoms with Gasteiger partial charge < -0.3 is 5.32 Å². The Morgan fingerprint density at radius 3 is 2.10 bits per heavy atom. The summed E-state index contributed by atoms with van der Waals surface area (Å²) in [5, 5.41) is 6.17. The van der Waals surface area contributed by atoms with Gasteiger partial charge in [-0.15, -0.1) is 0 Å². The maximum Gasteiger partial charge on any atom is 0.236 e. The predicted molar refractivity (Wildman–Crippen MR) is 84.2 cm³/mol. The summed E-state index contributed by atoms with van der Waals surface area (Å²) in [4.78, 5) is 11.8. The highest BCUT2D eigenvalue weighted by Crippen LogP contribution is 2.34. The second-order valence-electron chi connectivity index (χ2n) is 5.51. The van der Waals surface area contributed by atoms with Gasteiger partial charge in [0.1, 0.15) is 0 Å². The van der Waals surface area contributed by atoms with Crippen LogP contribution in [-0.2, 0) is 11.2 Å². The Morgan fingerprint density at radius 2 is 1.57 bits per heavy atom. The highest BCUT2D eigenvalue weighted by Gasteiger charge is 2.27. The second-order valence-corrected chi connectivity index (χ2v) is 5.51. The first-order valence-electron chi connectivity index (χ1n) is 7.34. The summed E-state index contributed by atoms with van der Waals surface area (Å²) in [5.41, 5.74) is 5.20. The Morgan fingerprint density at radius 1 is 1.05 bits per heavy atom. The molecule has 0 heterocycles. The molecular formula is C18H20N2O. The molecule has 0 aromatic heterocycles. The van der Waals surface area contributed by atoms with Crippen molar-refractivity contribution >= 4 is 5.91 Å². The van der Waals surface area contributed by atoms with Crippen LogP contribution in [0.25, 0.3) is 0 Å². The van der Waals surface area contributed by atoms with Gasteiger partial charge in [0.15, 0.2) is 0 Å². The summed E-state index contributed by atoms with van der Waals surface area (Å²) in [6.07, 6.45) is 0.957. The quantitative estimate of drug-likeness (QED) is 0.906. The molecule has 21 heavy (non-hydrogen) atoms. The van der Waals surface area contributed by atoms with E-state index in [4.69, 9.17) is 0 Å². The summed E-state index contributed by atoms with van der Waals surface area (Å²) in [6.45, 7) is 1.90. The number of hydrogen-bond donors (Lipinski definition) is 2. The van der Waals surface area contributed by atoms with Gasteiger partial charge in [0.2, 0.25) is 5.91 Å². The van der Waals surface area contributed by atoms with Crippen molar-refractivity contribution in [2.24, 2.45) is 0 Å². The number of carbonyl (C=O) groups excluding carboxylic acids is 1. The molecular weight excluding hydrogens is 260 g/mol. The molecule has 1 aliphatic rings. The zero-order chi connectivity index (χ0) is 14.8. The monoisotopic (exact) mass is 280 g/mol. The Hall–Kier alpha value is -2.13. The maximum atomic E-state index is 11.8. The minimum absolute atomic E-state index is 0.00976. The summed E-state index contributed by atoms with van der Waals surface area (Å²) >= 11 is 0. The van der Waals surface area contributed by atoms with E-state index in [0.717, 1.165) is 6.42 Å². The topological polar surface area (TPSA) is 41.1 Å². The van der Waals surface area contributed by atoms with Crippen LogP contribution < -0.4 is 10.6 Å². The van der Waals surface area contributed by atoms with Gasteiger partial charge >= 0.3 is 0 Å². The Balaban J connectivity index is 2.00. The van der Waals surface area contributed by atoms with Gasteiger partial charge in [-0.2, -0.15) is 0 Å². The van der Waals surface area contributed by atoms with Crippen molar-refractivity contribution in [3.8, 4) is 0 Å². The van der Waals surface area contributed by atoms with E-state index in [1.54, 1.807) is 7.05 Å². The largest absolute Gasteiger partial charge is 0.358 e. The first-order chi connectivity index (χ1) is 10.2. The third kappa shape index (κ3) is 2.57. The number of carbonyl (C=O) groups is 1. The molecule has 2 aromatic carbocycles. The van der Waals surface area contributed by atoms with Gasteiger partial charge in [0.05, 0.1) is 12.1 Å². The predicted octanol–water partition coefficient (Wildman–Crippen LogP) is 2.40. The lowest BCUT2D eigenvalue weighted by atomic mass is 9.82. The average molecular weight is 280 g/mol. The first kappa shape index (κ1) is 13.8. The first-order valence-corrected chi connectivity index (χ1v) is 7.34. The highest BCUT2D eigenvalue weighted by atomic mass is 16.2. The van der Waals surface area contributed by atoms with Gasteiger partial charge in [-0.25, -0.2) is 0 Å². The van der Waals surface area contributed by atoms with Crippen molar-refractivity contribution in [1.29, 1.82) is 0 Å². The highest BCUT2D eigenvalue weighted by molar-refractivity contribution is 5.81. The molecule has 1 amide bonds. The van der Waals surface area contributed by atoms with E-state index in [9.17, 15) is 4.79 Å². The molecule has 1 aliphatic carbocycles. The molecule has 0 saturated carbocycles. The van der Waals surface area contributed by atoms with Crippen LogP contribution in [0.4, 0.5) is 0 Å². The van der Waals surface area contributed by atoms with Crippen molar-refractivity contribution in [3.63, 3.8) is 0 Å².